The highest BCUT2D eigenvalue weighted by molar-refractivity contribution is 7.47. The molecule has 0 aromatic carbocycles. The molecule has 0 saturated carbocycles. The van der Waals surface area contributed by atoms with Gasteiger partial charge in [-0.3, -0.25) is 23.4 Å². The molecule has 0 spiro atoms. The molecular weight excluding hydrogens is 797 g/mol. The summed E-state index contributed by atoms with van der Waals surface area (Å²) >= 11 is 0. The third-order valence-corrected chi connectivity index (χ3v) is 11.1. The van der Waals surface area contributed by atoms with Gasteiger partial charge in [-0.15, -0.1) is 0 Å². The Morgan fingerprint density at radius 2 is 1.03 bits per heavy atom. The monoisotopic (exact) mass is 880 g/mol. The van der Waals surface area contributed by atoms with Crippen LogP contribution in [0.3, 0.4) is 0 Å². The number of hydrogen-bond donors (Lipinski definition) is 3. The van der Waals surface area contributed by atoms with Crippen LogP contribution in [0.1, 0.15) is 181 Å². The Hall–Kier alpha value is -2.86. The number of rotatable bonds is 42. The predicted octanol–water partition coefficient (Wildman–Crippen LogP) is 11.7. The molecule has 12 nitrogen and oxygen atoms in total. The van der Waals surface area contributed by atoms with Crippen molar-refractivity contribution in [1.29, 1.82) is 0 Å². The van der Waals surface area contributed by atoms with Crippen LogP contribution in [0.4, 0.5) is 0 Å². The summed E-state index contributed by atoms with van der Waals surface area (Å²) in [4.78, 5) is 46.1. The quantitative estimate of drug-likeness (QED) is 0.0174. The van der Waals surface area contributed by atoms with E-state index in [2.05, 4.69) is 73.1 Å². The number of ether oxygens (including phenoxy) is 3. The van der Waals surface area contributed by atoms with Crippen LogP contribution in [0.25, 0.3) is 0 Å². The molecule has 1 aliphatic heterocycles. The number of allylic oxidation sites excluding steroid dienone is 8. The lowest BCUT2D eigenvalue weighted by Crippen LogP contribution is -2.34. The van der Waals surface area contributed by atoms with Gasteiger partial charge >= 0.3 is 25.7 Å². The van der Waals surface area contributed by atoms with E-state index >= 15 is 0 Å². The zero-order valence-corrected chi connectivity index (χ0v) is 38.6. The van der Waals surface area contributed by atoms with Crippen LogP contribution in [0.15, 0.2) is 60.8 Å². The van der Waals surface area contributed by atoms with Gasteiger partial charge in [0.05, 0.1) is 25.4 Å². The number of hydrogen-bond acceptors (Lipinski definition) is 10. The molecule has 0 radical (unpaired) electrons. The summed E-state index contributed by atoms with van der Waals surface area (Å²) in [6.07, 6.45) is 47.4. The Morgan fingerprint density at radius 3 is 1.59 bits per heavy atom. The molecule has 0 bridgehead atoms. The van der Waals surface area contributed by atoms with Crippen molar-refractivity contribution in [3.8, 4) is 0 Å². The third-order valence-electron chi connectivity index (χ3n) is 10.1. The number of unbranched alkanes of at least 4 members (excludes halogenated alkanes) is 16. The van der Waals surface area contributed by atoms with Crippen molar-refractivity contribution in [2.75, 3.05) is 19.8 Å². The number of carbonyl (C=O) groups is 3. The van der Waals surface area contributed by atoms with E-state index in [1.54, 1.807) is 0 Å². The number of carbonyl (C=O) groups excluding carboxylic acids is 2. The number of phosphoric ester groups is 1. The molecule has 0 amide bonds. The molecule has 0 aliphatic carbocycles. The summed E-state index contributed by atoms with van der Waals surface area (Å²) in [6, 6.07) is -1.53. The standard InChI is InChI=1S/C48H82NO11P/c1-3-5-7-9-11-13-14-15-16-17-18-19-20-21-22-24-26-28-34-38-47(51)59-42(40-57-61(54,55)58-41-43(49)48(52)53)39-56-46(50)37-33-30-29-32-36-45-44(60-45)35-31-27-25-23-12-10-8-6-4-2/h11-13,15-16,23,27,29,31-32,42-45H,3-10,14,17-22,24-26,28,30,33-41,49H2,1-2H3,(H,52,53)(H,54,55)/b13-11-,16-15-,23-12-,31-27-,32-29-/t42-,43+,44?,45?/m1/s1. The van der Waals surface area contributed by atoms with Crippen molar-refractivity contribution in [1.82, 2.24) is 0 Å². The lowest BCUT2D eigenvalue weighted by atomic mass is 10.1. The summed E-state index contributed by atoms with van der Waals surface area (Å²) in [7, 11) is -4.74. The van der Waals surface area contributed by atoms with Gasteiger partial charge in [-0.05, 0) is 83.5 Å². The summed E-state index contributed by atoms with van der Waals surface area (Å²) in [5, 5.41) is 8.91. The second-order valence-electron chi connectivity index (χ2n) is 15.9. The summed E-state index contributed by atoms with van der Waals surface area (Å²) in [6.45, 7) is 2.68. The van der Waals surface area contributed by atoms with E-state index in [0.717, 1.165) is 64.2 Å². The molecule has 61 heavy (non-hydrogen) atoms. The van der Waals surface area contributed by atoms with E-state index in [1.165, 1.54) is 70.6 Å². The minimum atomic E-state index is -4.74. The van der Waals surface area contributed by atoms with Crippen molar-refractivity contribution in [2.45, 2.75) is 205 Å². The zero-order chi connectivity index (χ0) is 44.7. The van der Waals surface area contributed by atoms with Gasteiger partial charge in [0.2, 0.25) is 0 Å². The number of epoxide rings is 1. The Morgan fingerprint density at radius 1 is 0.590 bits per heavy atom. The highest BCUT2D eigenvalue weighted by atomic mass is 31.2. The first kappa shape index (κ1) is 56.2. The normalized spacial score (nSPS) is 17.5. The van der Waals surface area contributed by atoms with Crippen molar-refractivity contribution in [3.05, 3.63) is 60.8 Å². The van der Waals surface area contributed by atoms with Crippen molar-refractivity contribution in [2.24, 2.45) is 5.73 Å². The van der Waals surface area contributed by atoms with Crippen molar-refractivity contribution < 1.29 is 52.2 Å². The third kappa shape index (κ3) is 36.3. The van der Waals surface area contributed by atoms with Crippen LogP contribution in [0, 0.1) is 0 Å². The molecule has 1 aliphatic rings. The molecule has 3 unspecified atom stereocenters. The zero-order valence-electron chi connectivity index (χ0n) is 37.7. The molecule has 1 fully saturated rings. The number of nitrogens with two attached hydrogens (primary N) is 1. The summed E-state index contributed by atoms with van der Waals surface area (Å²) in [5.41, 5.74) is 5.34. The van der Waals surface area contributed by atoms with Gasteiger partial charge in [0.15, 0.2) is 6.10 Å². The summed E-state index contributed by atoms with van der Waals surface area (Å²) < 4.78 is 38.5. The molecule has 0 aromatic heterocycles. The molecule has 0 aromatic rings. The van der Waals surface area contributed by atoms with Gasteiger partial charge in [-0.1, -0.05) is 145 Å². The fourth-order valence-electron chi connectivity index (χ4n) is 6.30. The molecule has 1 heterocycles. The van der Waals surface area contributed by atoms with Gasteiger partial charge in [0.25, 0.3) is 0 Å². The van der Waals surface area contributed by atoms with Crippen LogP contribution in [0.2, 0.25) is 0 Å². The van der Waals surface area contributed by atoms with E-state index < -0.39 is 51.1 Å². The Balaban J connectivity index is 2.30. The van der Waals surface area contributed by atoms with E-state index in [1.807, 2.05) is 6.08 Å². The molecule has 1 saturated heterocycles. The Bertz CT molecular complexity index is 1330. The first-order chi connectivity index (χ1) is 29.6. The second kappa shape index (κ2) is 38.8. The molecule has 5 atom stereocenters. The van der Waals surface area contributed by atoms with Crippen molar-refractivity contribution >= 4 is 25.7 Å². The number of carboxylic acid groups (broad SMARTS) is 1. The van der Waals surface area contributed by atoms with Gasteiger partial charge < -0.3 is 29.9 Å². The van der Waals surface area contributed by atoms with Crippen molar-refractivity contribution in [3.63, 3.8) is 0 Å². The molecule has 1 rings (SSSR count). The fourth-order valence-corrected chi connectivity index (χ4v) is 7.08. The van der Waals surface area contributed by atoms with Crippen LogP contribution in [0.5, 0.6) is 0 Å². The summed E-state index contributed by atoms with van der Waals surface area (Å²) in [5.74, 6) is -2.47. The second-order valence-corrected chi connectivity index (χ2v) is 17.4. The Kier molecular flexibility index (Phi) is 35.7. The van der Waals surface area contributed by atoms with Gasteiger partial charge in [-0.2, -0.15) is 0 Å². The van der Waals surface area contributed by atoms with Gasteiger partial charge in [0, 0.05) is 12.8 Å². The topological polar surface area (TPSA) is 184 Å². The maximum atomic E-state index is 12.7. The number of phosphoric acid groups is 1. The average molecular weight is 880 g/mol. The first-order valence-electron chi connectivity index (χ1n) is 23.4. The minimum absolute atomic E-state index is 0.135. The lowest BCUT2D eigenvalue weighted by Gasteiger charge is -2.20. The SMILES string of the molecule is CCCCC/C=C\C/C=C\CCCCCCCCCCCC(=O)O[C@H](COC(=O)CCC/C=C\CC1OC1C/C=C\C/C=C\CCCCC)COP(=O)(O)OC[C@H](N)C(=O)O. The minimum Gasteiger partial charge on any atom is -0.480 e. The number of aliphatic carboxylic acids is 1. The largest absolute Gasteiger partial charge is 0.480 e. The van der Waals surface area contributed by atoms with E-state index in [-0.39, 0.29) is 31.7 Å². The van der Waals surface area contributed by atoms with Crippen LogP contribution >= 0.6 is 7.82 Å². The van der Waals surface area contributed by atoms with Gasteiger partial charge in [0.1, 0.15) is 12.6 Å². The molecular formula is C48H82NO11P. The van der Waals surface area contributed by atoms with Crippen LogP contribution in [-0.2, 0) is 42.2 Å². The fraction of sp³-hybridized carbons (Fsp3) is 0.729. The first-order valence-corrected chi connectivity index (χ1v) is 24.9. The molecule has 350 valence electrons. The van der Waals surface area contributed by atoms with E-state index in [9.17, 15) is 23.8 Å². The maximum Gasteiger partial charge on any atom is 0.472 e. The van der Waals surface area contributed by atoms with Crippen LogP contribution < -0.4 is 5.73 Å². The van der Waals surface area contributed by atoms with E-state index in [0.29, 0.717) is 19.3 Å². The lowest BCUT2D eigenvalue weighted by molar-refractivity contribution is -0.161. The maximum absolute atomic E-state index is 12.7. The highest BCUT2D eigenvalue weighted by Crippen LogP contribution is 2.43. The van der Waals surface area contributed by atoms with Crippen LogP contribution in [-0.4, -0.2) is 72.1 Å². The average Bonchev–Trinajstić information content (AvgIpc) is 4.00. The number of carboxylic acids is 1. The molecule has 4 N–H and O–H groups in total. The Labute approximate surface area is 368 Å². The highest BCUT2D eigenvalue weighted by Gasteiger charge is 2.36. The predicted molar refractivity (Wildman–Crippen MR) is 244 cm³/mol. The molecule has 13 heteroatoms. The van der Waals surface area contributed by atoms with Gasteiger partial charge in [-0.25, -0.2) is 4.57 Å². The smallest absolute Gasteiger partial charge is 0.472 e. The number of esters is 2. The van der Waals surface area contributed by atoms with E-state index in [4.69, 9.17) is 29.6 Å².